The Hall–Kier alpha value is -4.98. The van der Waals surface area contributed by atoms with E-state index in [-0.39, 0.29) is 71.1 Å². The van der Waals surface area contributed by atoms with Gasteiger partial charge in [0.15, 0.2) is 11.5 Å². The second-order valence-electron chi connectivity index (χ2n) is 15.3. The minimum atomic E-state index is -1.02. The smallest absolute Gasteiger partial charge is 0.319 e. The number of phenolic OH excluding ortho intramolecular Hbond substituents is 1. The number of benzene rings is 3. The lowest BCUT2D eigenvalue weighted by molar-refractivity contribution is 0.0778. The number of halogens is 4. The molecular formula is C40H41F4N7O3. The van der Waals surface area contributed by atoms with E-state index in [2.05, 4.69) is 15.0 Å². The van der Waals surface area contributed by atoms with Gasteiger partial charge in [-0.05, 0) is 97.3 Å². The normalized spacial score (nSPS) is 21.4. The second-order valence-corrected chi connectivity index (χ2v) is 15.3. The zero-order valence-electron chi connectivity index (χ0n) is 30.2. The van der Waals surface area contributed by atoms with Crippen molar-refractivity contribution >= 4 is 33.4 Å². The molecule has 3 fully saturated rings. The molecule has 54 heavy (non-hydrogen) atoms. The summed E-state index contributed by atoms with van der Waals surface area (Å²) in [4.78, 5) is 28.2. The van der Waals surface area contributed by atoms with E-state index < -0.39 is 34.7 Å². The maximum atomic E-state index is 17.2. The SMILES string of the molecule is CCc1c(F)ccc2cc(O)cc(-c3c(F)cc4c(N5CCCn6nc(C(=O)N(C)C7CC7)cc6C5)nc(OC[C@@]56CCCN5C[C@H](F)C6)nc4c3F)c12. The van der Waals surface area contributed by atoms with Gasteiger partial charge in [-0.3, -0.25) is 14.4 Å². The van der Waals surface area contributed by atoms with Gasteiger partial charge in [-0.25, -0.2) is 17.6 Å². The van der Waals surface area contributed by atoms with Crippen LogP contribution in [0, 0.1) is 17.5 Å². The third kappa shape index (κ3) is 5.80. The number of hydrogen-bond donors (Lipinski definition) is 1. The van der Waals surface area contributed by atoms with Crippen LogP contribution in [0.2, 0.25) is 0 Å². The van der Waals surface area contributed by atoms with Gasteiger partial charge in [0.2, 0.25) is 0 Å². The van der Waals surface area contributed by atoms with Gasteiger partial charge in [0.05, 0.1) is 23.3 Å². The number of amides is 1. The second kappa shape index (κ2) is 13.1. The third-order valence-electron chi connectivity index (χ3n) is 11.8. The first-order chi connectivity index (χ1) is 26.0. The molecule has 0 unspecified atom stereocenters. The molecule has 1 N–H and O–H groups in total. The Balaban J connectivity index is 1.18. The van der Waals surface area contributed by atoms with Crippen molar-refractivity contribution in [2.24, 2.45) is 0 Å². The molecule has 0 spiro atoms. The molecule has 3 aromatic carbocycles. The summed E-state index contributed by atoms with van der Waals surface area (Å²) in [6.07, 6.45) is 3.75. The molecule has 4 aliphatic rings. The molecule has 5 aromatic rings. The molecule has 9 rings (SSSR count). The van der Waals surface area contributed by atoms with E-state index in [0.29, 0.717) is 48.9 Å². The highest BCUT2D eigenvalue weighted by molar-refractivity contribution is 6.03. The van der Waals surface area contributed by atoms with Crippen molar-refractivity contribution in [1.29, 1.82) is 0 Å². The Labute approximate surface area is 309 Å². The average molecular weight is 744 g/mol. The minimum absolute atomic E-state index is 0.00616. The van der Waals surface area contributed by atoms with Crippen LogP contribution in [0.3, 0.4) is 0 Å². The first-order valence-electron chi connectivity index (χ1n) is 18.8. The van der Waals surface area contributed by atoms with Crippen molar-refractivity contribution in [3.63, 3.8) is 0 Å². The fourth-order valence-corrected chi connectivity index (χ4v) is 8.96. The van der Waals surface area contributed by atoms with Gasteiger partial charge >= 0.3 is 6.01 Å². The highest BCUT2D eigenvalue weighted by Gasteiger charge is 2.49. The molecular weight excluding hydrogens is 702 g/mol. The lowest BCUT2D eigenvalue weighted by Gasteiger charge is -2.31. The number of phenols is 1. The Kier molecular flexibility index (Phi) is 8.43. The molecule has 0 radical (unpaired) electrons. The maximum Gasteiger partial charge on any atom is 0.319 e. The molecule has 2 atom stereocenters. The number of alkyl halides is 1. The van der Waals surface area contributed by atoms with E-state index in [4.69, 9.17) is 9.72 Å². The van der Waals surface area contributed by atoms with Crippen LogP contribution in [-0.2, 0) is 19.5 Å². The molecule has 5 heterocycles. The number of hydrogen-bond acceptors (Lipinski definition) is 8. The molecule has 14 heteroatoms. The van der Waals surface area contributed by atoms with Gasteiger partial charge < -0.3 is 19.6 Å². The van der Waals surface area contributed by atoms with Gasteiger partial charge in [0.1, 0.15) is 41.5 Å². The monoisotopic (exact) mass is 743 g/mol. The molecule has 3 aliphatic heterocycles. The fourth-order valence-electron chi connectivity index (χ4n) is 8.96. The van der Waals surface area contributed by atoms with E-state index in [1.807, 2.05) is 4.90 Å². The van der Waals surface area contributed by atoms with Crippen molar-refractivity contribution in [1.82, 2.24) is 29.5 Å². The largest absolute Gasteiger partial charge is 0.508 e. The summed E-state index contributed by atoms with van der Waals surface area (Å²) in [7, 11) is 1.78. The van der Waals surface area contributed by atoms with Crippen molar-refractivity contribution in [3.05, 3.63) is 70.8 Å². The van der Waals surface area contributed by atoms with Gasteiger partial charge in [-0.1, -0.05) is 13.0 Å². The van der Waals surface area contributed by atoms with Crippen LogP contribution in [-0.4, -0.2) is 91.6 Å². The summed E-state index contributed by atoms with van der Waals surface area (Å²) in [6, 6.07) is 8.44. The first-order valence-corrected chi connectivity index (χ1v) is 18.8. The number of aromatic nitrogens is 4. The van der Waals surface area contributed by atoms with Gasteiger partial charge in [-0.2, -0.15) is 15.1 Å². The lowest BCUT2D eigenvalue weighted by Crippen LogP contribution is -2.43. The van der Waals surface area contributed by atoms with E-state index in [0.717, 1.165) is 37.9 Å². The van der Waals surface area contributed by atoms with Crippen LogP contribution in [0.1, 0.15) is 67.2 Å². The molecule has 2 saturated heterocycles. The fraction of sp³-hybridized carbons (Fsp3) is 0.450. The van der Waals surface area contributed by atoms with E-state index in [1.54, 1.807) is 29.6 Å². The Morgan fingerprint density at radius 3 is 2.69 bits per heavy atom. The van der Waals surface area contributed by atoms with Crippen molar-refractivity contribution in [2.75, 3.05) is 38.2 Å². The van der Waals surface area contributed by atoms with Crippen LogP contribution in [0.5, 0.6) is 11.8 Å². The number of anilines is 1. The molecule has 1 saturated carbocycles. The Morgan fingerprint density at radius 2 is 1.89 bits per heavy atom. The van der Waals surface area contributed by atoms with E-state index in [1.165, 1.54) is 30.3 Å². The van der Waals surface area contributed by atoms with Gasteiger partial charge in [0, 0.05) is 44.5 Å². The summed E-state index contributed by atoms with van der Waals surface area (Å²) < 4.78 is 71.6. The number of fused-ring (bicyclic) bond motifs is 4. The number of rotatable bonds is 8. The van der Waals surface area contributed by atoms with Crippen molar-refractivity contribution < 1.29 is 32.2 Å². The topological polar surface area (TPSA) is 99.9 Å². The van der Waals surface area contributed by atoms with Gasteiger partial charge in [-0.15, -0.1) is 0 Å². The molecule has 1 aliphatic carbocycles. The highest BCUT2D eigenvalue weighted by Crippen LogP contribution is 2.43. The van der Waals surface area contributed by atoms with E-state index >= 15 is 13.2 Å². The zero-order chi connectivity index (χ0) is 37.5. The molecule has 2 aromatic heterocycles. The number of carbonyl (C=O) groups is 1. The summed E-state index contributed by atoms with van der Waals surface area (Å²) in [5.74, 6) is -2.63. The Bertz CT molecular complexity index is 2330. The minimum Gasteiger partial charge on any atom is -0.508 e. The predicted molar refractivity (Wildman–Crippen MR) is 195 cm³/mol. The van der Waals surface area contributed by atoms with Crippen LogP contribution >= 0.6 is 0 Å². The number of nitrogens with zero attached hydrogens (tertiary/aromatic N) is 7. The summed E-state index contributed by atoms with van der Waals surface area (Å²) in [5.41, 5.74) is 0.126. The van der Waals surface area contributed by atoms with Crippen molar-refractivity contribution in [2.45, 2.75) is 82.7 Å². The first kappa shape index (κ1) is 34.8. The number of carbonyl (C=O) groups excluding carboxylic acids is 1. The predicted octanol–water partition coefficient (Wildman–Crippen LogP) is 6.93. The van der Waals surface area contributed by atoms with Crippen LogP contribution in [0.4, 0.5) is 23.4 Å². The van der Waals surface area contributed by atoms with Crippen LogP contribution in [0.25, 0.3) is 32.8 Å². The quantitative estimate of drug-likeness (QED) is 0.171. The standard InChI is InChI=1S/C40H41F4N7O3/c1-3-27-30(42)9-6-22-14-26(52)16-28(33(22)27)34-31(43)17-29-36(35(34)44)45-39(54-21-40-10-4-12-50(40)19-23(41)18-40)46-37(29)49-11-5-13-51-25(20-49)15-32(47-51)38(53)48(2)24-7-8-24/h6,9,14-17,23-24,52H,3-5,7-8,10-13,18-21H2,1-2H3/t23-,40+/m1/s1. The molecule has 10 nitrogen and oxygen atoms in total. The lowest BCUT2D eigenvalue weighted by atomic mass is 9.91. The average Bonchev–Trinajstić information content (AvgIpc) is 3.77. The Morgan fingerprint density at radius 1 is 1.06 bits per heavy atom. The molecule has 282 valence electrons. The number of aromatic hydroxyl groups is 1. The van der Waals surface area contributed by atoms with Crippen LogP contribution in [0.15, 0.2) is 36.4 Å². The third-order valence-corrected chi connectivity index (χ3v) is 11.8. The molecule has 0 bridgehead atoms. The summed E-state index contributed by atoms with van der Waals surface area (Å²) in [5, 5.41) is 16.1. The maximum absolute atomic E-state index is 17.2. The highest BCUT2D eigenvalue weighted by atomic mass is 19.1. The van der Waals surface area contributed by atoms with Crippen LogP contribution < -0.4 is 9.64 Å². The van der Waals surface area contributed by atoms with Crippen molar-refractivity contribution in [3.8, 4) is 22.9 Å². The van der Waals surface area contributed by atoms with Gasteiger partial charge in [0.25, 0.3) is 5.91 Å². The number of ether oxygens (including phenoxy) is 1. The molecule has 1 amide bonds. The summed E-state index contributed by atoms with van der Waals surface area (Å²) >= 11 is 0. The number of aryl methyl sites for hydroxylation is 2. The summed E-state index contributed by atoms with van der Waals surface area (Å²) in [6.45, 7) is 4.13. The van der Waals surface area contributed by atoms with E-state index in [9.17, 15) is 14.3 Å². The zero-order valence-corrected chi connectivity index (χ0v) is 30.2.